The van der Waals surface area contributed by atoms with Crippen LogP contribution < -0.4 is 11.3 Å². The van der Waals surface area contributed by atoms with Crippen LogP contribution >= 0.6 is 0 Å². The Morgan fingerprint density at radius 2 is 1.88 bits per heavy atom. The number of H-pyrrole nitrogens is 1. The van der Waals surface area contributed by atoms with Gasteiger partial charge in [0, 0.05) is 18.6 Å². The van der Waals surface area contributed by atoms with Crippen LogP contribution in [0.5, 0.6) is 0 Å². The van der Waals surface area contributed by atoms with Crippen molar-refractivity contribution in [3.8, 4) is 11.5 Å². The van der Waals surface area contributed by atoms with Crippen LogP contribution in [0.25, 0.3) is 22.6 Å². The molecule has 3 heterocycles. The van der Waals surface area contributed by atoms with Crippen molar-refractivity contribution in [2.24, 2.45) is 5.73 Å². The Morgan fingerprint density at radius 3 is 2.59 bits per heavy atom. The van der Waals surface area contributed by atoms with Gasteiger partial charge in [-0.05, 0) is 58.2 Å². The van der Waals surface area contributed by atoms with E-state index in [1.165, 1.54) is 25.5 Å². The highest BCUT2D eigenvalue weighted by Gasteiger charge is 2.23. The summed E-state index contributed by atoms with van der Waals surface area (Å²) in [5, 5.41) is 7.57. The van der Waals surface area contributed by atoms with Gasteiger partial charge in [0.05, 0.1) is 17.2 Å². The first-order chi connectivity index (χ1) is 15.5. The lowest BCUT2D eigenvalue weighted by atomic mass is 9.97. The first-order valence-electron chi connectivity index (χ1n) is 11.6. The summed E-state index contributed by atoms with van der Waals surface area (Å²) in [5.41, 5.74) is 7.57. The predicted octanol–water partition coefficient (Wildman–Crippen LogP) is 3.50. The Balaban J connectivity index is 1.49. The van der Waals surface area contributed by atoms with Crippen molar-refractivity contribution >= 4 is 16.9 Å². The third-order valence-electron chi connectivity index (χ3n) is 6.62. The number of aromatic amines is 1. The first-order valence-corrected chi connectivity index (χ1v) is 11.6. The van der Waals surface area contributed by atoms with Gasteiger partial charge in [0.15, 0.2) is 11.5 Å². The SMILES string of the molecule is CC1CCC[C@H](C)N1CCCCCn1c(=O)c(-c2ncc(C(=N)N)[nH]2)nc2ccccc21. The van der Waals surface area contributed by atoms with Crippen LogP contribution in [0.3, 0.4) is 0 Å². The molecule has 32 heavy (non-hydrogen) atoms. The van der Waals surface area contributed by atoms with Gasteiger partial charge in [0.1, 0.15) is 11.5 Å². The maximum absolute atomic E-state index is 13.3. The van der Waals surface area contributed by atoms with Crippen molar-refractivity contribution in [2.45, 2.75) is 71.0 Å². The monoisotopic (exact) mass is 435 g/mol. The van der Waals surface area contributed by atoms with Crippen LogP contribution in [0.1, 0.15) is 58.1 Å². The second-order valence-electron chi connectivity index (χ2n) is 8.89. The molecule has 1 saturated heterocycles. The molecule has 3 aromatic rings. The highest BCUT2D eigenvalue weighted by atomic mass is 16.1. The highest BCUT2D eigenvalue weighted by Crippen LogP contribution is 2.23. The Morgan fingerprint density at radius 1 is 1.16 bits per heavy atom. The van der Waals surface area contributed by atoms with E-state index in [0.717, 1.165) is 36.8 Å². The number of unbranched alkanes of at least 4 members (excludes halogenated alkanes) is 2. The summed E-state index contributed by atoms with van der Waals surface area (Å²) in [4.78, 5) is 27.7. The lowest BCUT2D eigenvalue weighted by molar-refractivity contribution is 0.101. The molecular formula is C24H33N7O. The van der Waals surface area contributed by atoms with Crippen LogP contribution in [0.2, 0.25) is 0 Å². The van der Waals surface area contributed by atoms with Crippen LogP contribution in [-0.4, -0.2) is 48.9 Å². The van der Waals surface area contributed by atoms with E-state index in [1.807, 2.05) is 24.3 Å². The van der Waals surface area contributed by atoms with E-state index in [0.29, 0.717) is 30.1 Å². The van der Waals surface area contributed by atoms with Gasteiger partial charge in [-0.3, -0.25) is 15.1 Å². The van der Waals surface area contributed by atoms with E-state index in [4.69, 9.17) is 11.1 Å². The van der Waals surface area contributed by atoms with E-state index in [2.05, 4.69) is 33.7 Å². The number of likely N-dealkylation sites (tertiary alicyclic amines) is 1. The Hall–Kier alpha value is -3.00. The zero-order valence-electron chi connectivity index (χ0n) is 19.0. The molecule has 0 bridgehead atoms. The summed E-state index contributed by atoms with van der Waals surface area (Å²) in [5.74, 6) is 0.218. The van der Waals surface area contributed by atoms with Crippen molar-refractivity contribution in [1.29, 1.82) is 5.41 Å². The summed E-state index contributed by atoms with van der Waals surface area (Å²) < 4.78 is 1.81. The third-order valence-corrected chi connectivity index (χ3v) is 6.62. The minimum absolute atomic E-state index is 0.123. The van der Waals surface area contributed by atoms with Gasteiger partial charge < -0.3 is 15.3 Å². The second-order valence-corrected chi connectivity index (χ2v) is 8.89. The molecule has 1 unspecified atom stereocenters. The minimum Gasteiger partial charge on any atom is -0.382 e. The van der Waals surface area contributed by atoms with Crippen molar-refractivity contribution in [1.82, 2.24) is 24.4 Å². The fourth-order valence-electron chi connectivity index (χ4n) is 4.80. The number of amidine groups is 1. The summed E-state index contributed by atoms with van der Waals surface area (Å²) >= 11 is 0. The fourth-order valence-corrected chi connectivity index (χ4v) is 4.80. The molecular weight excluding hydrogens is 402 g/mol. The van der Waals surface area contributed by atoms with Crippen LogP contribution in [0.4, 0.5) is 0 Å². The molecule has 1 fully saturated rings. The standard InChI is InChI=1S/C24H33N7O/c1-16-9-8-10-17(2)30(16)13-6-3-7-14-31-20-12-5-4-11-18(20)28-21(24(31)32)23-27-15-19(29-23)22(25)26/h4-5,11-12,15-17H,3,6-10,13-14H2,1-2H3,(H3,25,26)(H,27,29)/t16-,17?/m0/s1. The van der Waals surface area contributed by atoms with E-state index >= 15 is 0 Å². The number of nitrogen functional groups attached to an aromatic ring is 1. The van der Waals surface area contributed by atoms with Gasteiger partial charge in [0.2, 0.25) is 0 Å². The molecule has 0 radical (unpaired) electrons. The molecule has 0 saturated carbocycles. The quantitative estimate of drug-likeness (QED) is 0.284. The minimum atomic E-state index is -0.175. The molecule has 1 aliphatic heterocycles. The number of fused-ring (bicyclic) bond motifs is 1. The molecule has 2 aromatic heterocycles. The highest BCUT2D eigenvalue weighted by molar-refractivity contribution is 5.93. The summed E-state index contributed by atoms with van der Waals surface area (Å²) in [6, 6.07) is 9.02. The summed E-state index contributed by atoms with van der Waals surface area (Å²) in [6.45, 7) is 6.44. The van der Waals surface area contributed by atoms with Gasteiger partial charge >= 0.3 is 0 Å². The topological polar surface area (TPSA) is 117 Å². The predicted molar refractivity (Wildman–Crippen MR) is 128 cm³/mol. The Labute approximate surface area is 188 Å². The third kappa shape index (κ3) is 4.60. The van der Waals surface area contributed by atoms with E-state index in [1.54, 1.807) is 4.57 Å². The molecule has 1 aliphatic rings. The number of para-hydroxylation sites is 2. The van der Waals surface area contributed by atoms with E-state index < -0.39 is 0 Å². The van der Waals surface area contributed by atoms with E-state index in [-0.39, 0.29) is 17.1 Å². The van der Waals surface area contributed by atoms with E-state index in [9.17, 15) is 4.79 Å². The number of hydrogen-bond acceptors (Lipinski definition) is 5. The molecule has 8 nitrogen and oxygen atoms in total. The number of imidazole rings is 1. The molecule has 8 heteroatoms. The zero-order chi connectivity index (χ0) is 22.7. The van der Waals surface area contributed by atoms with Crippen molar-refractivity contribution in [3.05, 3.63) is 46.5 Å². The van der Waals surface area contributed by atoms with Gasteiger partial charge in [0.25, 0.3) is 5.56 Å². The van der Waals surface area contributed by atoms with Gasteiger partial charge in [-0.1, -0.05) is 25.0 Å². The number of nitrogens with zero attached hydrogens (tertiary/aromatic N) is 4. The average Bonchev–Trinajstić information content (AvgIpc) is 3.27. The molecule has 0 spiro atoms. The van der Waals surface area contributed by atoms with Gasteiger partial charge in [-0.2, -0.15) is 0 Å². The molecule has 1 aromatic carbocycles. The maximum Gasteiger partial charge on any atom is 0.280 e. The van der Waals surface area contributed by atoms with Crippen molar-refractivity contribution in [2.75, 3.05) is 6.54 Å². The van der Waals surface area contributed by atoms with Gasteiger partial charge in [-0.15, -0.1) is 0 Å². The number of nitrogens with two attached hydrogens (primary N) is 1. The number of nitrogens with one attached hydrogen (secondary N) is 2. The number of aromatic nitrogens is 4. The van der Waals surface area contributed by atoms with Crippen LogP contribution in [0.15, 0.2) is 35.3 Å². The smallest absolute Gasteiger partial charge is 0.280 e. The normalized spacial score (nSPS) is 19.4. The fraction of sp³-hybridized carbons (Fsp3) is 0.500. The number of benzene rings is 1. The van der Waals surface area contributed by atoms with Crippen molar-refractivity contribution < 1.29 is 0 Å². The molecule has 0 aliphatic carbocycles. The average molecular weight is 436 g/mol. The number of hydrogen-bond donors (Lipinski definition) is 3. The molecule has 4 rings (SSSR count). The first kappa shape index (κ1) is 22.2. The van der Waals surface area contributed by atoms with Crippen molar-refractivity contribution in [3.63, 3.8) is 0 Å². The number of aryl methyl sites for hydroxylation is 1. The maximum atomic E-state index is 13.3. The lowest BCUT2D eigenvalue weighted by Crippen LogP contribution is -2.44. The Kier molecular flexibility index (Phi) is 6.69. The zero-order valence-corrected chi connectivity index (χ0v) is 19.0. The van der Waals surface area contributed by atoms with Gasteiger partial charge in [-0.25, -0.2) is 9.97 Å². The largest absolute Gasteiger partial charge is 0.382 e. The lowest BCUT2D eigenvalue weighted by Gasteiger charge is -2.39. The molecule has 2 atom stereocenters. The molecule has 0 amide bonds. The van der Waals surface area contributed by atoms with Crippen LogP contribution in [-0.2, 0) is 6.54 Å². The number of rotatable bonds is 8. The summed E-state index contributed by atoms with van der Waals surface area (Å²) in [7, 11) is 0. The molecule has 4 N–H and O–H groups in total. The van der Waals surface area contributed by atoms with Crippen LogP contribution in [0, 0.1) is 5.41 Å². The Bertz CT molecular complexity index is 1140. The summed E-state index contributed by atoms with van der Waals surface area (Å²) in [6.07, 6.45) is 8.53. The molecule has 170 valence electrons. The second kappa shape index (κ2) is 9.65. The number of piperidine rings is 1.